The van der Waals surface area contributed by atoms with Crippen LogP contribution in [-0.4, -0.2) is 34.4 Å². The van der Waals surface area contributed by atoms with Gasteiger partial charge in [0.15, 0.2) is 0 Å². The number of non-ortho nitro benzene ring substituents is 1. The minimum atomic E-state index is -0.422. The van der Waals surface area contributed by atoms with E-state index in [1.165, 1.54) is 6.07 Å². The van der Waals surface area contributed by atoms with Gasteiger partial charge in [0.05, 0.1) is 0 Å². The number of nitrogens with one attached hydrogen (secondary N) is 1. The zero-order valence-corrected chi connectivity index (χ0v) is 9.64. The predicted molar refractivity (Wildman–Crippen MR) is 57.3 cm³/mol. The van der Waals surface area contributed by atoms with Crippen molar-refractivity contribution in [1.82, 2.24) is 7.96 Å². The van der Waals surface area contributed by atoms with Crippen LogP contribution >= 0.6 is 0 Å². The fourth-order valence-corrected chi connectivity index (χ4v) is 2.53. The third kappa shape index (κ3) is 1.71. The maximum absolute atomic E-state index is 10.7. The number of benzene rings is 1. The average Bonchev–Trinajstić information content (AvgIpc) is 2.66. The van der Waals surface area contributed by atoms with Crippen LogP contribution in [-0.2, 0) is 0 Å². The molecule has 0 unspecified atom stereocenters. The molecule has 2 aromatic rings. The summed E-state index contributed by atoms with van der Waals surface area (Å²) >= 11 is -0.251. The van der Waals surface area contributed by atoms with Gasteiger partial charge in [-0.3, -0.25) is 0 Å². The Morgan fingerprint density at radius 3 is 2.87 bits per heavy atom. The van der Waals surface area contributed by atoms with Crippen molar-refractivity contribution in [1.29, 1.82) is 0 Å². The van der Waals surface area contributed by atoms with Crippen molar-refractivity contribution in [3.63, 3.8) is 0 Å². The Labute approximate surface area is 91.7 Å². The number of nitrogens with zero attached hydrogens (tertiary/aromatic N) is 3. The van der Waals surface area contributed by atoms with Crippen molar-refractivity contribution in [2.24, 2.45) is 0 Å². The second kappa shape index (κ2) is 3.96. The molecule has 0 spiro atoms. The van der Waals surface area contributed by atoms with E-state index in [1.54, 1.807) is 6.07 Å². The molecule has 1 aromatic carbocycles. The van der Waals surface area contributed by atoms with Crippen LogP contribution in [0.1, 0.15) is 6.92 Å². The average molecular weight is 271 g/mol. The first-order valence-electron chi connectivity index (χ1n) is 4.37. The number of rotatable bonds is 3. The van der Waals surface area contributed by atoms with E-state index in [-0.39, 0.29) is 20.6 Å². The standard InChI is InChI=1S/C8H8N4O2Se/c1-2-9-5-3-4-6(12(13)14)8-7(5)10-15-11-8/h3-4,9H,2H2,1H3. The van der Waals surface area contributed by atoms with Gasteiger partial charge < -0.3 is 0 Å². The SMILES string of the molecule is CCNc1ccc([N+](=O)[O-])c2n[se]nc12. The summed E-state index contributed by atoms with van der Waals surface area (Å²) in [5.41, 5.74) is 1.90. The van der Waals surface area contributed by atoms with Crippen molar-refractivity contribution < 1.29 is 4.92 Å². The Morgan fingerprint density at radius 1 is 1.47 bits per heavy atom. The van der Waals surface area contributed by atoms with E-state index in [9.17, 15) is 10.1 Å². The van der Waals surface area contributed by atoms with Crippen LogP contribution in [0.2, 0.25) is 0 Å². The summed E-state index contributed by atoms with van der Waals surface area (Å²) in [5.74, 6) is 0. The van der Waals surface area contributed by atoms with Gasteiger partial charge in [-0.25, -0.2) is 0 Å². The molecule has 0 saturated carbocycles. The summed E-state index contributed by atoms with van der Waals surface area (Å²) in [5, 5.41) is 13.8. The summed E-state index contributed by atoms with van der Waals surface area (Å²) in [7, 11) is 0. The van der Waals surface area contributed by atoms with Gasteiger partial charge in [-0.1, -0.05) is 0 Å². The molecule has 0 fully saturated rings. The van der Waals surface area contributed by atoms with Crippen LogP contribution in [0.3, 0.4) is 0 Å². The van der Waals surface area contributed by atoms with E-state index in [2.05, 4.69) is 13.3 Å². The Bertz CT molecular complexity index is 510. The van der Waals surface area contributed by atoms with Gasteiger partial charge in [-0.15, -0.1) is 0 Å². The van der Waals surface area contributed by atoms with Gasteiger partial charge >= 0.3 is 91.3 Å². The molecule has 78 valence electrons. The van der Waals surface area contributed by atoms with Gasteiger partial charge in [-0.05, 0) is 0 Å². The number of hydrogen-bond donors (Lipinski definition) is 1. The Balaban J connectivity index is 2.65. The second-order valence-corrected chi connectivity index (χ2v) is 3.99. The van der Waals surface area contributed by atoms with Crippen molar-refractivity contribution in [3.8, 4) is 0 Å². The van der Waals surface area contributed by atoms with Crippen LogP contribution in [0.25, 0.3) is 11.0 Å². The summed E-state index contributed by atoms with van der Waals surface area (Å²) < 4.78 is 8.27. The van der Waals surface area contributed by atoms with Gasteiger partial charge in [0.25, 0.3) is 0 Å². The summed E-state index contributed by atoms with van der Waals surface area (Å²) in [6.07, 6.45) is 0. The number of fused-ring (bicyclic) bond motifs is 1. The molecule has 6 nitrogen and oxygen atoms in total. The molecular weight excluding hydrogens is 263 g/mol. The number of nitro benzene ring substituents is 1. The zero-order chi connectivity index (χ0) is 10.8. The first-order valence-corrected chi connectivity index (χ1v) is 5.90. The topological polar surface area (TPSA) is 81.0 Å². The molecule has 1 N–H and O–H groups in total. The van der Waals surface area contributed by atoms with E-state index in [4.69, 9.17) is 0 Å². The first kappa shape index (κ1) is 10.1. The molecule has 0 aliphatic heterocycles. The van der Waals surface area contributed by atoms with Crippen molar-refractivity contribution in [3.05, 3.63) is 22.2 Å². The fourth-order valence-electron chi connectivity index (χ4n) is 1.33. The molecule has 0 bridgehead atoms. The monoisotopic (exact) mass is 272 g/mol. The zero-order valence-electron chi connectivity index (χ0n) is 7.93. The van der Waals surface area contributed by atoms with Crippen LogP contribution in [0.15, 0.2) is 12.1 Å². The van der Waals surface area contributed by atoms with Crippen LogP contribution in [0.5, 0.6) is 0 Å². The first-order chi connectivity index (χ1) is 7.24. The molecule has 0 radical (unpaired) electrons. The van der Waals surface area contributed by atoms with Crippen molar-refractivity contribution >= 4 is 37.4 Å². The van der Waals surface area contributed by atoms with E-state index in [0.29, 0.717) is 11.0 Å². The van der Waals surface area contributed by atoms with Gasteiger partial charge in [0.1, 0.15) is 0 Å². The molecule has 0 aliphatic carbocycles. The molecule has 0 saturated heterocycles. The fraction of sp³-hybridized carbons (Fsp3) is 0.250. The number of nitro groups is 1. The molecule has 0 atom stereocenters. The van der Waals surface area contributed by atoms with Crippen LogP contribution < -0.4 is 5.32 Å². The molecular formula is C8H8N4O2Se. The van der Waals surface area contributed by atoms with E-state index in [0.717, 1.165) is 12.2 Å². The Kier molecular flexibility index (Phi) is 2.66. The van der Waals surface area contributed by atoms with Crippen LogP contribution in [0, 0.1) is 10.1 Å². The summed E-state index contributed by atoms with van der Waals surface area (Å²) in [4.78, 5) is 10.3. The number of aromatic nitrogens is 2. The molecule has 0 amide bonds. The van der Waals surface area contributed by atoms with E-state index < -0.39 is 4.92 Å². The third-order valence-corrected chi connectivity index (χ3v) is 3.07. The van der Waals surface area contributed by atoms with E-state index in [1.807, 2.05) is 6.92 Å². The predicted octanol–water partition coefficient (Wildman–Crippen LogP) is 1.03. The second-order valence-electron chi connectivity index (χ2n) is 2.88. The number of hydrogen-bond acceptors (Lipinski definition) is 5. The minimum absolute atomic E-state index is 0.0368. The van der Waals surface area contributed by atoms with Gasteiger partial charge in [-0.2, -0.15) is 0 Å². The molecule has 15 heavy (non-hydrogen) atoms. The molecule has 1 heterocycles. The van der Waals surface area contributed by atoms with E-state index >= 15 is 0 Å². The molecule has 2 rings (SSSR count). The third-order valence-electron chi connectivity index (χ3n) is 1.96. The quantitative estimate of drug-likeness (QED) is 0.512. The maximum atomic E-state index is 10.7. The van der Waals surface area contributed by atoms with Gasteiger partial charge in [0, 0.05) is 0 Å². The normalized spacial score (nSPS) is 10.5. The summed E-state index contributed by atoms with van der Waals surface area (Å²) in [6, 6.07) is 3.15. The van der Waals surface area contributed by atoms with Crippen molar-refractivity contribution in [2.75, 3.05) is 11.9 Å². The molecule has 0 aliphatic rings. The molecule has 7 heteroatoms. The number of anilines is 1. The van der Waals surface area contributed by atoms with Gasteiger partial charge in [0.2, 0.25) is 0 Å². The Morgan fingerprint density at radius 2 is 2.20 bits per heavy atom. The summed E-state index contributed by atoms with van der Waals surface area (Å²) in [6.45, 7) is 2.72. The van der Waals surface area contributed by atoms with Crippen LogP contribution in [0.4, 0.5) is 11.4 Å². The van der Waals surface area contributed by atoms with Crippen molar-refractivity contribution in [2.45, 2.75) is 6.92 Å². The Hall–Kier alpha value is -1.46. The molecule has 1 aromatic heterocycles.